The highest BCUT2D eigenvalue weighted by atomic mass is 19.4. The molecule has 0 aliphatic carbocycles. The molecule has 2 aromatic heterocycles. The molecule has 0 radical (unpaired) electrons. The topological polar surface area (TPSA) is 37.5 Å². The maximum Gasteiger partial charge on any atom is 0.435 e. The van der Waals surface area contributed by atoms with Gasteiger partial charge in [-0.05, 0) is 6.07 Å². The summed E-state index contributed by atoms with van der Waals surface area (Å²) in [6.45, 7) is 0. The monoisotopic (exact) mass is 252 g/mol. The first-order valence-corrected chi connectivity index (χ1v) is 5.14. The minimum Gasteiger partial charge on any atom is -0.494 e. The van der Waals surface area contributed by atoms with Gasteiger partial charge in [-0.15, -0.1) is 0 Å². The van der Waals surface area contributed by atoms with Gasteiger partial charge in [-0.3, -0.25) is 4.40 Å². The summed E-state index contributed by atoms with van der Waals surface area (Å²) in [5, 5.41) is 10.6. The van der Waals surface area contributed by atoms with Crippen LogP contribution in [-0.4, -0.2) is 14.5 Å². The first-order chi connectivity index (χ1) is 8.50. The lowest BCUT2D eigenvalue weighted by molar-refractivity contribution is -0.140. The number of hydrogen-bond donors (Lipinski definition) is 1. The Morgan fingerprint density at radius 2 is 1.78 bits per heavy atom. The second-order valence-corrected chi connectivity index (χ2v) is 3.86. The van der Waals surface area contributed by atoms with Gasteiger partial charge in [0.15, 0.2) is 5.69 Å². The van der Waals surface area contributed by atoms with E-state index >= 15 is 0 Å². The lowest BCUT2D eigenvalue weighted by Crippen LogP contribution is -2.09. The number of hydrogen-bond acceptors (Lipinski definition) is 2. The van der Waals surface area contributed by atoms with E-state index in [0.29, 0.717) is 10.8 Å². The first kappa shape index (κ1) is 10.9. The Morgan fingerprint density at radius 3 is 2.44 bits per heavy atom. The van der Waals surface area contributed by atoms with E-state index in [2.05, 4.69) is 4.98 Å². The molecule has 92 valence electrons. The van der Waals surface area contributed by atoms with Crippen LogP contribution in [0.3, 0.4) is 0 Å². The largest absolute Gasteiger partial charge is 0.494 e. The van der Waals surface area contributed by atoms with Crippen molar-refractivity contribution in [3.8, 4) is 5.88 Å². The molecule has 1 aromatic carbocycles. The second kappa shape index (κ2) is 3.38. The zero-order chi connectivity index (χ0) is 12.9. The zero-order valence-corrected chi connectivity index (χ0v) is 8.94. The van der Waals surface area contributed by atoms with Crippen LogP contribution in [0, 0.1) is 0 Å². The summed E-state index contributed by atoms with van der Waals surface area (Å²) in [7, 11) is 0. The number of benzene rings is 1. The molecule has 0 spiro atoms. The number of aromatic nitrogens is 2. The fourth-order valence-corrected chi connectivity index (χ4v) is 2.08. The molecule has 0 aliphatic heterocycles. The zero-order valence-electron chi connectivity index (χ0n) is 8.94. The third-order valence-corrected chi connectivity index (χ3v) is 2.80. The molecule has 3 nitrogen and oxygen atoms in total. The highest BCUT2D eigenvalue weighted by Gasteiger charge is 2.36. The van der Waals surface area contributed by atoms with Crippen molar-refractivity contribution in [3.63, 3.8) is 0 Å². The van der Waals surface area contributed by atoms with Gasteiger partial charge in [-0.2, -0.15) is 13.2 Å². The van der Waals surface area contributed by atoms with Crippen molar-refractivity contribution in [1.29, 1.82) is 0 Å². The van der Waals surface area contributed by atoms with Crippen molar-refractivity contribution in [2.24, 2.45) is 0 Å². The van der Waals surface area contributed by atoms with Crippen LogP contribution < -0.4 is 0 Å². The highest BCUT2D eigenvalue weighted by Crippen LogP contribution is 2.38. The Hall–Kier alpha value is -2.24. The lowest BCUT2D eigenvalue weighted by Gasteiger charge is -2.07. The third-order valence-electron chi connectivity index (χ3n) is 2.80. The minimum atomic E-state index is -4.56. The summed E-state index contributed by atoms with van der Waals surface area (Å²) in [4.78, 5) is 3.38. The summed E-state index contributed by atoms with van der Waals surface area (Å²) < 4.78 is 39.8. The third kappa shape index (κ3) is 1.35. The average Bonchev–Trinajstić information content (AvgIpc) is 2.63. The average molecular weight is 252 g/mol. The normalized spacial score (nSPS) is 12.4. The number of aromatic hydroxyl groups is 1. The molecular formula is C12H7F3N2O. The van der Waals surface area contributed by atoms with Gasteiger partial charge >= 0.3 is 6.18 Å². The Balaban J connectivity index is 2.58. The van der Waals surface area contributed by atoms with Crippen LogP contribution in [0.1, 0.15) is 5.69 Å². The smallest absolute Gasteiger partial charge is 0.435 e. The summed E-state index contributed by atoms with van der Waals surface area (Å²) in [5.41, 5.74) is -1.13. The highest BCUT2D eigenvalue weighted by molar-refractivity contribution is 6.02. The van der Waals surface area contributed by atoms with E-state index in [1.54, 1.807) is 18.2 Å². The Bertz CT molecular complexity index is 746. The van der Waals surface area contributed by atoms with E-state index in [1.165, 1.54) is 12.3 Å². The van der Waals surface area contributed by atoms with E-state index in [1.807, 2.05) is 0 Å². The van der Waals surface area contributed by atoms with Crippen molar-refractivity contribution in [2.45, 2.75) is 6.18 Å². The molecule has 0 unspecified atom stereocenters. The number of rotatable bonds is 0. The maximum absolute atomic E-state index is 12.9. The standard InChI is InChI=1S/C12H7F3N2O/c13-12(14,15)10-9-7-3-1-2-4-8(7)11(18)17(9)6-5-16-10/h1-6,18H. The molecule has 3 aromatic rings. The van der Waals surface area contributed by atoms with E-state index in [0.717, 1.165) is 10.6 Å². The molecule has 0 aliphatic rings. The molecule has 0 bridgehead atoms. The second-order valence-electron chi connectivity index (χ2n) is 3.86. The van der Waals surface area contributed by atoms with Gasteiger partial charge in [0.2, 0.25) is 5.88 Å². The Morgan fingerprint density at radius 1 is 1.11 bits per heavy atom. The van der Waals surface area contributed by atoms with Crippen LogP contribution in [0.25, 0.3) is 16.3 Å². The van der Waals surface area contributed by atoms with E-state index in [4.69, 9.17) is 0 Å². The van der Waals surface area contributed by atoms with Crippen LogP contribution in [0.4, 0.5) is 13.2 Å². The fourth-order valence-electron chi connectivity index (χ4n) is 2.08. The minimum absolute atomic E-state index is 0.127. The quantitative estimate of drug-likeness (QED) is 0.667. The molecule has 3 rings (SSSR count). The number of alkyl halides is 3. The molecule has 0 amide bonds. The maximum atomic E-state index is 12.9. The number of fused-ring (bicyclic) bond motifs is 3. The molecule has 0 fully saturated rings. The van der Waals surface area contributed by atoms with Crippen molar-refractivity contribution in [1.82, 2.24) is 9.38 Å². The van der Waals surface area contributed by atoms with Crippen LogP contribution in [-0.2, 0) is 6.18 Å². The lowest BCUT2D eigenvalue weighted by atomic mass is 10.2. The fraction of sp³-hybridized carbons (Fsp3) is 0.0833. The van der Waals surface area contributed by atoms with Crippen LogP contribution in [0.5, 0.6) is 5.88 Å². The van der Waals surface area contributed by atoms with E-state index in [9.17, 15) is 18.3 Å². The van der Waals surface area contributed by atoms with Crippen molar-refractivity contribution in [2.75, 3.05) is 0 Å². The van der Waals surface area contributed by atoms with Crippen LogP contribution in [0.15, 0.2) is 36.7 Å². The van der Waals surface area contributed by atoms with Crippen molar-refractivity contribution < 1.29 is 18.3 Å². The summed E-state index contributed by atoms with van der Waals surface area (Å²) >= 11 is 0. The first-order valence-electron chi connectivity index (χ1n) is 5.14. The Labute approximate surface area is 99.1 Å². The van der Waals surface area contributed by atoms with Gasteiger partial charge < -0.3 is 5.11 Å². The van der Waals surface area contributed by atoms with Gasteiger partial charge in [0.1, 0.15) is 0 Å². The molecule has 6 heteroatoms. The molecule has 18 heavy (non-hydrogen) atoms. The Kier molecular flexibility index (Phi) is 2.04. The van der Waals surface area contributed by atoms with Crippen LogP contribution >= 0.6 is 0 Å². The molecule has 0 atom stereocenters. The van der Waals surface area contributed by atoms with Crippen molar-refractivity contribution in [3.05, 3.63) is 42.4 Å². The van der Waals surface area contributed by atoms with Crippen molar-refractivity contribution >= 4 is 16.3 Å². The molecule has 0 saturated heterocycles. The van der Waals surface area contributed by atoms with E-state index in [-0.39, 0.29) is 11.4 Å². The summed E-state index contributed by atoms with van der Waals surface area (Å²) in [6, 6.07) is 6.37. The molecule has 0 saturated carbocycles. The van der Waals surface area contributed by atoms with E-state index < -0.39 is 11.9 Å². The molecular weight excluding hydrogens is 245 g/mol. The molecule has 1 N–H and O–H groups in total. The van der Waals surface area contributed by atoms with Gasteiger partial charge in [0.25, 0.3) is 0 Å². The van der Waals surface area contributed by atoms with Crippen LogP contribution in [0.2, 0.25) is 0 Å². The summed E-state index contributed by atoms with van der Waals surface area (Å²) in [6.07, 6.45) is -2.23. The SMILES string of the molecule is Oc1c2ccccc2c2c(C(F)(F)F)nccn12. The van der Waals surface area contributed by atoms with Gasteiger partial charge in [-0.1, -0.05) is 18.2 Å². The summed E-state index contributed by atoms with van der Waals surface area (Å²) in [5.74, 6) is -0.214. The van der Waals surface area contributed by atoms with Gasteiger partial charge in [0.05, 0.1) is 5.52 Å². The number of halogens is 3. The predicted molar refractivity (Wildman–Crippen MR) is 59.4 cm³/mol. The van der Waals surface area contributed by atoms with Gasteiger partial charge in [-0.25, -0.2) is 4.98 Å². The number of nitrogens with zero attached hydrogens (tertiary/aromatic N) is 2. The molecule has 2 heterocycles. The van der Waals surface area contributed by atoms with Gasteiger partial charge in [0, 0.05) is 23.2 Å². The predicted octanol–water partition coefficient (Wildman–Crippen LogP) is 3.21.